The zero-order valence-electron chi connectivity index (χ0n) is 8.77. The lowest BCUT2D eigenvalue weighted by Gasteiger charge is -2.14. The van der Waals surface area contributed by atoms with Crippen LogP contribution in [0.4, 0.5) is 5.69 Å². The van der Waals surface area contributed by atoms with E-state index in [1.54, 1.807) is 24.3 Å². The van der Waals surface area contributed by atoms with E-state index < -0.39 is 0 Å². The Balaban J connectivity index is 2.84. The average Bonchev–Trinajstić information content (AvgIpc) is 2.21. The molecule has 0 saturated heterocycles. The van der Waals surface area contributed by atoms with Gasteiger partial charge < -0.3 is 10.5 Å². The largest absolute Gasteiger partial charge is 0.490 e. The molecule has 1 aromatic rings. The molecule has 3 nitrogen and oxygen atoms in total. The Labute approximate surface area is 89.5 Å². The van der Waals surface area contributed by atoms with Crippen LogP contribution in [0.15, 0.2) is 30.9 Å². The Bertz CT molecular complexity index is 361. The van der Waals surface area contributed by atoms with Crippen molar-refractivity contribution < 1.29 is 9.53 Å². The summed E-state index contributed by atoms with van der Waals surface area (Å²) in [5, 5.41) is 0. The Morgan fingerprint density at radius 1 is 1.60 bits per heavy atom. The first kappa shape index (κ1) is 11.3. The van der Waals surface area contributed by atoms with Crippen molar-refractivity contribution in [1.82, 2.24) is 0 Å². The van der Waals surface area contributed by atoms with Crippen LogP contribution in [0.2, 0.25) is 0 Å². The fourth-order valence-electron chi connectivity index (χ4n) is 1.27. The van der Waals surface area contributed by atoms with Crippen molar-refractivity contribution in [3.8, 4) is 5.75 Å². The summed E-state index contributed by atoms with van der Waals surface area (Å²) in [6.45, 7) is 5.55. The van der Waals surface area contributed by atoms with E-state index in [0.717, 1.165) is 12.7 Å². The molecule has 2 N–H and O–H groups in total. The molecule has 1 atom stereocenters. The highest BCUT2D eigenvalue weighted by Gasteiger charge is 2.07. The molecule has 0 heterocycles. The maximum absolute atomic E-state index is 10.8. The number of carbonyl (C=O) groups is 1. The molecule has 1 aromatic carbocycles. The van der Waals surface area contributed by atoms with Crippen LogP contribution in [0.1, 0.15) is 23.7 Å². The van der Waals surface area contributed by atoms with Crippen LogP contribution in [0.5, 0.6) is 5.75 Å². The van der Waals surface area contributed by atoms with E-state index in [1.807, 2.05) is 6.92 Å². The van der Waals surface area contributed by atoms with Crippen molar-refractivity contribution in [3.63, 3.8) is 0 Å². The predicted molar refractivity (Wildman–Crippen MR) is 61.1 cm³/mol. The SMILES string of the molecule is C=CCC(C)Oc1ccc(N)cc1C=O. The first-order valence-corrected chi connectivity index (χ1v) is 4.79. The Morgan fingerprint density at radius 3 is 2.93 bits per heavy atom. The van der Waals surface area contributed by atoms with E-state index in [2.05, 4.69) is 6.58 Å². The van der Waals surface area contributed by atoms with Gasteiger partial charge in [-0.25, -0.2) is 0 Å². The second-order valence-electron chi connectivity index (χ2n) is 3.37. The molecule has 0 fully saturated rings. The summed E-state index contributed by atoms with van der Waals surface area (Å²) >= 11 is 0. The fourth-order valence-corrected chi connectivity index (χ4v) is 1.27. The summed E-state index contributed by atoms with van der Waals surface area (Å²) in [5.41, 5.74) is 6.60. The van der Waals surface area contributed by atoms with Gasteiger partial charge in [0.25, 0.3) is 0 Å². The van der Waals surface area contributed by atoms with Gasteiger partial charge in [-0.3, -0.25) is 4.79 Å². The lowest BCUT2D eigenvalue weighted by Crippen LogP contribution is -2.11. The van der Waals surface area contributed by atoms with E-state index in [1.165, 1.54) is 0 Å². The van der Waals surface area contributed by atoms with Crippen LogP contribution in [-0.2, 0) is 0 Å². The molecule has 0 aliphatic rings. The van der Waals surface area contributed by atoms with Crippen molar-refractivity contribution in [2.75, 3.05) is 5.73 Å². The molecule has 0 spiro atoms. The van der Waals surface area contributed by atoms with E-state index >= 15 is 0 Å². The molecule has 15 heavy (non-hydrogen) atoms. The number of rotatable bonds is 5. The zero-order valence-corrected chi connectivity index (χ0v) is 8.77. The van der Waals surface area contributed by atoms with Crippen molar-refractivity contribution >= 4 is 12.0 Å². The van der Waals surface area contributed by atoms with Crippen molar-refractivity contribution in [1.29, 1.82) is 0 Å². The molecule has 1 unspecified atom stereocenters. The van der Waals surface area contributed by atoms with Gasteiger partial charge in [0.2, 0.25) is 0 Å². The standard InChI is InChI=1S/C12H15NO2/c1-3-4-9(2)15-12-6-5-11(13)7-10(12)8-14/h3,5-9H,1,4,13H2,2H3. The molecule has 3 heteroatoms. The van der Waals surface area contributed by atoms with Crippen LogP contribution in [-0.4, -0.2) is 12.4 Å². The number of hydrogen-bond donors (Lipinski definition) is 1. The second-order valence-corrected chi connectivity index (χ2v) is 3.37. The van der Waals surface area contributed by atoms with Gasteiger partial charge in [-0.05, 0) is 25.1 Å². The summed E-state index contributed by atoms with van der Waals surface area (Å²) in [5.74, 6) is 0.563. The summed E-state index contributed by atoms with van der Waals surface area (Å²) in [6, 6.07) is 5.02. The van der Waals surface area contributed by atoms with E-state index in [-0.39, 0.29) is 6.10 Å². The lowest BCUT2D eigenvalue weighted by atomic mass is 10.2. The third-order valence-electron chi connectivity index (χ3n) is 1.99. The maximum Gasteiger partial charge on any atom is 0.153 e. The third-order valence-corrected chi connectivity index (χ3v) is 1.99. The van der Waals surface area contributed by atoms with Gasteiger partial charge in [0.15, 0.2) is 6.29 Å². The summed E-state index contributed by atoms with van der Waals surface area (Å²) in [4.78, 5) is 10.8. The number of nitrogen functional groups attached to an aromatic ring is 1. The first-order valence-electron chi connectivity index (χ1n) is 4.79. The minimum atomic E-state index is 0.00447. The summed E-state index contributed by atoms with van der Waals surface area (Å²) in [6.07, 6.45) is 3.27. The second kappa shape index (κ2) is 5.20. The molecular weight excluding hydrogens is 190 g/mol. The topological polar surface area (TPSA) is 52.3 Å². The Morgan fingerprint density at radius 2 is 2.33 bits per heavy atom. The number of hydrogen-bond acceptors (Lipinski definition) is 3. The summed E-state index contributed by atoms with van der Waals surface area (Å²) in [7, 11) is 0. The monoisotopic (exact) mass is 205 g/mol. The smallest absolute Gasteiger partial charge is 0.153 e. The van der Waals surface area contributed by atoms with Gasteiger partial charge >= 0.3 is 0 Å². The Hall–Kier alpha value is -1.77. The van der Waals surface area contributed by atoms with Crippen LogP contribution in [0, 0.1) is 0 Å². The molecule has 0 aliphatic carbocycles. The average molecular weight is 205 g/mol. The quantitative estimate of drug-likeness (QED) is 0.456. The minimum absolute atomic E-state index is 0.00447. The van der Waals surface area contributed by atoms with E-state index in [0.29, 0.717) is 17.0 Å². The normalized spacial score (nSPS) is 11.8. The van der Waals surface area contributed by atoms with Crippen LogP contribution >= 0.6 is 0 Å². The Kier molecular flexibility index (Phi) is 3.92. The van der Waals surface area contributed by atoms with E-state index in [9.17, 15) is 4.79 Å². The number of benzene rings is 1. The van der Waals surface area contributed by atoms with Crippen molar-refractivity contribution in [2.45, 2.75) is 19.4 Å². The highest BCUT2D eigenvalue weighted by molar-refractivity contribution is 5.81. The number of nitrogens with two attached hydrogens (primary N) is 1. The van der Waals surface area contributed by atoms with Gasteiger partial charge in [-0.1, -0.05) is 6.08 Å². The van der Waals surface area contributed by atoms with Crippen molar-refractivity contribution in [3.05, 3.63) is 36.4 Å². The molecule has 0 amide bonds. The highest BCUT2D eigenvalue weighted by atomic mass is 16.5. The number of carbonyl (C=O) groups excluding carboxylic acids is 1. The fraction of sp³-hybridized carbons (Fsp3) is 0.250. The minimum Gasteiger partial charge on any atom is -0.490 e. The van der Waals surface area contributed by atoms with Crippen LogP contribution in [0.25, 0.3) is 0 Å². The molecule has 1 rings (SSSR count). The predicted octanol–water partition coefficient (Wildman–Crippen LogP) is 2.42. The van der Waals surface area contributed by atoms with Gasteiger partial charge in [0, 0.05) is 12.1 Å². The van der Waals surface area contributed by atoms with E-state index in [4.69, 9.17) is 10.5 Å². The van der Waals surface area contributed by atoms with Gasteiger partial charge in [0.05, 0.1) is 11.7 Å². The molecule has 0 radical (unpaired) electrons. The number of ether oxygens (including phenoxy) is 1. The van der Waals surface area contributed by atoms with Crippen molar-refractivity contribution in [2.24, 2.45) is 0 Å². The maximum atomic E-state index is 10.8. The molecule has 0 aromatic heterocycles. The molecule has 0 bridgehead atoms. The van der Waals surface area contributed by atoms with Crippen LogP contribution < -0.4 is 10.5 Å². The highest BCUT2D eigenvalue weighted by Crippen LogP contribution is 2.21. The third kappa shape index (κ3) is 3.13. The molecule has 80 valence electrons. The number of anilines is 1. The van der Waals surface area contributed by atoms with Gasteiger partial charge in [0.1, 0.15) is 5.75 Å². The zero-order chi connectivity index (χ0) is 11.3. The molecule has 0 aliphatic heterocycles. The van der Waals surface area contributed by atoms with Gasteiger partial charge in [-0.2, -0.15) is 0 Å². The van der Waals surface area contributed by atoms with Gasteiger partial charge in [-0.15, -0.1) is 6.58 Å². The number of aldehydes is 1. The molecule has 0 saturated carbocycles. The van der Waals surface area contributed by atoms with Crippen LogP contribution in [0.3, 0.4) is 0 Å². The summed E-state index contributed by atoms with van der Waals surface area (Å²) < 4.78 is 5.57. The first-order chi connectivity index (χ1) is 7.17. The lowest BCUT2D eigenvalue weighted by molar-refractivity contribution is 0.111. The molecular formula is C12H15NO2.